The lowest BCUT2D eigenvalue weighted by molar-refractivity contribution is 0.0526. The molecule has 0 saturated carbocycles. The molecule has 0 aromatic carbocycles. The average Bonchev–Trinajstić information content (AvgIpc) is 2.84. The fourth-order valence-corrected chi connectivity index (χ4v) is 3.17. The van der Waals surface area contributed by atoms with Gasteiger partial charge in [0.05, 0.1) is 29.5 Å². The van der Waals surface area contributed by atoms with Crippen LogP contribution in [0.3, 0.4) is 0 Å². The van der Waals surface area contributed by atoms with Crippen LogP contribution in [0.25, 0.3) is 0 Å². The summed E-state index contributed by atoms with van der Waals surface area (Å²) < 4.78 is 7.56. The van der Waals surface area contributed by atoms with Gasteiger partial charge in [-0.2, -0.15) is 5.10 Å². The molecule has 1 unspecified atom stereocenters. The summed E-state index contributed by atoms with van der Waals surface area (Å²) in [7, 11) is 4.15. The Balaban J connectivity index is 2.19. The van der Waals surface area contributed by atoms with Gasteiger partial charge in [0.1, 0.15) is 0 Å². The van der Waals surface area contributed by atoms with E-state index in [4.69, 9.17) is 16.3 Å². The minimum atomic E-state index is 0.260. The first-order valence-corrected chi connectivity index (χ1v) is 8.18. The van der Waals surface area contributed by atoms with E-state index in [-0.39, 0.29) is 6.04 Å². The zero-order chi connectivity index (χ0) is 15.2. The van der Waals surface area contributed by atoms with Gasteiger partial charge in [-0.1, -0.05) is 18.5 Å². The quantitative estimate of drug-likeness (QED) is 0.837. The van der Waals surface area contributed by atoms with Crippen LogP contribution in [0, 0.1) is 5.92 Å². The molecule has 1 aliphatic heterocycles. The zero-order valence-electron chi connectivity index (χ0n) is 13.3. The van der Waals surface area contributed by atoms with Gasteiger partial charge in [-0.3, -0.25) is 4.68 Å². The summed E-state index contributed by atoms with van der Waals surface area (Å²) in [5, 5.41) is 8.85. The van der Waals surface area contributed by atoms with Crippen molar-refractivity contribution in [1.29, 1.82) is 0 Å². The molecule has 1 aromatic heterocycles. The second kappa shape index (κ2) is 8.13. The Kier molecular flexibility index (Phi) is 6.48. The number of halogens is 1. The van der Waals surface area contributed by atoms with Crippen molar-refractivity contribution in [2.24, 2.45) is 5.92 Å². The van der Waals surface area contributed by atoms with Crippen molar-refractivity contribution in [3.8, 4) is 0 Å². The van der Waals surface area contributed by atoms with Crippen LogP contribution in [0.2, 0.25) is 5.02 Å². The van der Waals surface area contributed by atoms with E-state index in [1.807, 2.05) is 0 Å². The Hall–Kier alpha value is -0.620. The Morgan fingerprint density at radius 3 is 2.81 bits per heavy atom. The zero-order valence-corrected chi connectivity index (χ0v) is 14.1. The highest BCUT2D eigenvalue weighted by atomic mass is 35.5. The molecule has 5 nitrogen and oxygen atoms in total. The van der Waals surface area contributed by atoms with Crippen molar-refractivity contribution in [3.63, 3.8) is 0 Å². The molecule has 21 heavy (non-hydrogen) atoms. The second-order valence-electron chi connectivity index (χ2n) is 5.89. The van der Waals surface area contributed by atoms with Gasteiger partial charge in [-0.25, -0.2) is 0 Å². The second-order valence-corrected chi connectivity index (χ2v) is 6.30. The smallest absolute Gasteiger partial charge is 0.0834 e. The van der Waals surface area contributed by atoms with Gasteiger partial charge in [0, 0.05) is 19.8 Å². The summed E-state index contributed by atoms with van der Waals surface area (Å²) >= 11 is 6.44. The molecule has 2 rings (SSSR count). The van der Waals surface area contributed by atoms with Crippen molar-refractivity contribution in [2.45, 2.75) is 32.4 Å². The SMILES string of the molecule is CCNC(c1c(Cl)cnn1CCN(C)C)C1CCOCC1. The van der Waals surface area contributed by atoms with Gasteiger partial charge in [-0.15, -0.1) is 0 Å². The molecule has 2 heterocycles. The van der Waals surface area contributed by atoms with Crippen LogP contribution >= 0.6 is 11.6 Å². The summed E-state index contributed by atoms with van der Waals surface area (Å²) in [5.41, 5.74) is 1.13. The van der Waals surface area contributed by atoms with E-state index in [0.717, 1.165) is 56.4 Å². The molecular formula is C15H27ClN4O. The van der Waals surface area contributed by atoms with Crippen molar-refractivity contribution >= 4 is 11.6 Å². The van der Waals surface area contributed by atoms with Crippen molar-refractivity contribution < 1.29 is 4.74 Å². The van der Waals surface area contributed by atoms with Crippen LogP contribution in [-0.4, -0.2) is 55.1 Å². The van der Waals surface area contributed by atoms with Crippen molar-refractivity contribution in [2.75, 3.05) is 40.4 Å². The van der Waals surface area contributed by atoms with E-state index >= 15 is 0 Å². The highest BCUT2D eigenvalue weighted by Crippen LogP contribution is 2.33. The maximum Gasteiger partial charge on any atom is 0.0834 e. The fourth-order valence-electron chi connectivity index (χ4n) is 2.91. The highest BCUT2D eigenvalue weighted by Gasteiger charge is 2.29. The highest BCUT2D eigenvalue weighted by molar-refractivity contribution is 6.31. The summed E-state index contributed by atoms with van der Waals surface area (Å²) in [4.78, 5) is 2.16. The summed E-state index contributed by atoms with van der Waals surface area (Å²) in [6.07, 6.45) is 3.93. The van der Waals surface area contributed by atoms with E-state index in [1.165, 1.54) is 0 Å². The van der Waals surface area contributed by atoms with Crippen molar-refractivity contribution in [1.82, 2.24) is 20.0 Å². The molecule has 1 aliphatic rings. The third-order valence-corrected chi connectivity index (χ3v) is 4.34. The minimum Gasteiger partial charge on any atom is -0.381 e. The van der Waals surface area contributed by atoms with Crippen LogP contribution in [0.1, 0.15) is 31.5 Å². The molecule has 1 atom stereocenters. The topological polar surface area (TPSA) is 42.3 Å². The van der Waals surface area contributed by atoms with E-state index in [2.05, 4.69) is 41.0 Å². The number of nitrogens with zero attached hydrogens (tertiary/aromatic N) is 3. The average molecular weight is 315 g/mol. The van der Waals surface area contributed by atoms with Gasteiger partial charge in [0.25, 0.3) is 0 Å². The molecule has 1 fully saturated rings. The largest absolute Gasteiger partial charge is 0.381 e. The lowest BCUT2D eigenvalue weighted by Crippen LogP contribution is -2.34. The number of hydrogen-bond acceptors (Lipinski definition) is 4. The molecule has 120 valence electrons. The summed E-state index contributed by atoms with van der Waals surface area (Å²) in [5.74, 6) is 0.561. The predicted octanol–water partition coefficient (Wildman–Crippen LogP) is 2.18. The molecule has 1 N–H and O–H groups in total. The molecular weight excluding hydrogens is 288 g/mol. The van der Waals surface area contributed by atoms with Gasteiger partial charge >= 0.3 is 0 Å². The Morgan fingerprint density at radius 2 is 2.19 bits per heavy atom. The Morgan fingerprint density at radius 1 is 1.48 bits per heavy atom. The number of hydrogen-bond donors (Lipinski definition) is 1. The fraction of sp³-hybridized carbons (Fsp3) is 0.800. The lowest BCUT2D eigenvalue weighted by atomic mass is 9.89. The van der Waals surface area contributed by atoms with Gasteiger partial charge < -0.3 is 15.0 Å². The number of rotatable bonds is 7. The third-order valence-electron chi connectivity index (χ3n) is 4.05. The van der Waals surface area contributed by atoms with Crippen LogP contribution < -0.4 is 5.32 Å². The molecule has 0 aliphatic carbocycles. The first-order chi connectivity index (χ1) is 10.1. The monoisotopic (exact) mass is 314 g/mol. The number of aromatic nitrogens is 2. The summed E-state index contributed by atoms with van der Waals surface area (Å²) in [6, 6.07) is 0.260. The first-order valence-electron chi connectivity index (χ1n) is 7.80. The molecule has 1 aromatic rings. The van der Waals surface area contributed by atoms with Gasteiger partial charge in [0.15, 0.2) is 0 Å². The molecule has 1 saturated heterocycles. The van der Waals surface area contributed by atoms with Crippen LogP contribution in [-0.2, 0) is 11.3 Å². The maximum absolute atomic E-state index is 6.44. The third kappa shape index (κ3) is 4.42. The molecule has 0 amide bonds. The van der Waals surface area contributed by atoms with E-state index in [0.29, 0.717) is 5.92 Å². The maximum atomic E-state index is 6.44. The van der Waals surface area contributed by atoms with E-state index in [9.17, 15) is 0 Å². The van der Waals surface area contributed by atoms with Gasteiger partial charge in [-0.05, 0) is 39.4 Å². The predicted molar refractivity (Wildman–Crippen MR) is 85.8 cm³/mol. The first kappa shape index (κ1) is 16.7. The standard InChI is InChI=1S/C15H27ClN4O/c1-4-17-14(12-5-9-21-10-6-12)15-13(16)11-18-20(15)8-7-19(2)3/h11-12,14,17H,4-10H2,1-3H3. The molecule has 6 heteroatoms. The Bertz CT molecular complexity index is 429. The Labute approximate surface area is 132 Å². The number of likely N-dealkylation sites (N-methyl/N-ethyl adjacent to an activating group) is 1. The van der Waals surface area contributed by atoms with Crippen LogP contribution in [0.4, 0.5) is 0 Å². The number of ether oxygens (including phenoxy) is 1. The summed E-state index contributed by atoms with van der Waals surface area (Å²) in [6.45, 7) is 6.57. The number of nitrogens with one attached hydrogen (secondary N) is 1. The van der Waals surface area contributed by atoms with E-state index in [1.54, 1.807) is 6.20 Å². The van der Waals surface area contributed by atoms with Crippen LogP contribution in [0.15, 0.2) is 6.20 Å². The molecule has 0 bridgehead atoms. The van der Waals surface area contributed by atoms with Gasteiger partial charge in [0.2, 0.25) is 0 Å². The molecule has 0 spiro atoms. The minimum absolute atomic E-state index is 0.260. The molecule has 0 radical (unpaired) electrons. The lowest BCUT2D eigenvalue weighted by Gasteiger charge is -2.31. The van der Waals surface area contributed by atoms with Crippen molar-refractivity contribution in [3.05, 3.63) is 16.9 Å². The normalized spacial score (nSPS) is 18.3. The van der Waals surface area contributed by atoms with Crippen LogP contribution in [0.5, 0.6) is 0 Å². The van der Waals surface area contributed by atoms with E-state index < -0.39 is 0 Å².